The highest BCUT2D eigenvalue weighted by atomic mass is 19.1. The van der Waals surface area contributed by atoms with Crippen LogP contribution in [0.2, 0.25) is 0 Å². The van der Waals surface area contributed by atoms with E-state index in [0.717, 1.165) is 11.3 Å². The van der Waals surface area contributed by atoms with E-state index in [2.05, 4.69) is 15.2 Å². The van der Waals surface area contributed by atoms with Crippen molar-refractivity contribution in [2.75, 3.05) is 37.6 Å². The molecule has 1 aliphatic rings. The van der Waals surface area contributed by atoms with Crippen LogP contribution in [-0.2, 0) is 4.79 Å². The van der Waals surface area contributed by atoms with Crippen LogP contribution in [0.1, 0.15) is 22.3 Å². The van der Waals surface area contributed by atoms with Crippen LogP contribution in [0.4, 0.5) is 10.1 Å². The van der Waals surface area contributed by atoms with Crippen LogP contribution in [0.25, 0.3) is 5.65 Å². The summed E-state index contributed by atoms with van der Waals surface area (Å²) < 4.78 is 14.4. The standard InChI is InChI=1S/C23H24FN5O3/c1-16-7-9-29-20(14-16)26-15-19(23(29)32)22(31)25-8-6-21(30)28-12-10-27(11-13-28)18-4-2-17(24)3-5-18/h2-5,7,9,14-15H,6,8,10-13H2,1H3,(H,25,31). The van der Waals surface area contributed by atoms with Gasteiger partial charge in [-0.2, -0.15) is 0 Å². The maximum absolute atomic E-state index is 13.1. The highest BCUT2D eigenvalue weighted by Crippen LogP contribution is 2.17. The number of halogens is 1. The molecule has 32 heavy (non-hydrogen) atoms. The van der Waals surface area contributed by atoms with Gasteiger partial charge in [0.25, 0.3) is 11.5 Å². The minimum atomic E-state index is -0.550. The average Bonchev–Trinajstić information content (AvgIpc) is 2.79. The van der Waals surface area contributed by atoms with Crippen molar-refractivity contribution < 1.29 is 14.0 Å². The van der Waals surface area contributed by atoms with Gasteiger partial charge in [-0.15, -0.1) is 0 Å². The van der Waals surface area contributed by atoms with Gasteiger partial charge in [-0.05, 0) is 48.9 Å². The first-order valence-electron chi connectivity index (χ1n) is 10.5. The predicted molar refractivity (Wildman–Crippen MR) is 118 cm³/mol. The average molecular weight is 437 g/mol. The zero-order valence-electron chi connectivity index (χ0n) is 17.8. The molecule has 1 fully saturated rings. The lowest BCUT2D eigenvalue weighted by atomic mass is 10.2. The summed E-state index contributed by atoms with van der Waals surface area (Å²) >= 11 is 0. The summed E-state index contributed by atoms with van der Waals surface area (Å²) in [4.78, 5) is 45.5. The Balaban J connectivity index is 1.28. The molecular weight excluding hydrogens is 413 g/mol. The second kappa shape index (κ2) is 9.17. The third-order valence-corrected chi connectivity index (χ3v) is 5.56. The third kappa shape index (κ3) is 4.61. The van der Waals surface area contributed by atoms with E-state index in [1.165, 1.54) is 22.7 Å². The first kappa shape index (κ1) is 21.5. The molecule has 2 aromatic heterocycles. The lowest BCUT2D eigenvalue weighted by Crippen LogP contribution is -2.49. The number of fused-ring (bicyclic) bond motifs is 1. The first-order valence-corrected chi connectivity index (χ1v) is 10.5. The Labute approximate surface area is 184 Å². The molecule has 3 heterocycles. The van der Waals surface area contributed by atoms with Gasteiger partial charge in [0.05, 0.1) is 0 Å². The number of nitrogens with zero attached hydrogens (tertiary/aromatic N) is 4. The fraction of sp³-hybridized carbons (Fsp3) is 0.304. The number of hydrogen-bond donors (Lipinski definition) is 1. The topological polar surface area (TPSA) is 87.0 Å². The number of pyridine rings is 1. The van der Waals surface area contributed by atoms with E-state index < -0.39 is 11.5 Å². The Morgan fingerprint density at radius 2 is 1.81 bits per heavy atom. The fourth-order valence-corrected chi connectivity index (χ4v) is 3.73. The minimum absolute atomic E-state index is 0.0621. The van der Waals surface area contributed by atoms with Crippen molar-refractivity contribution in [3.8, 4) is 0 Å². The molecule has 9 heteroatoms. The molecule has 1 aromatic carbocycles. The van der Waals surface area contributed by atoms with Crippen LogP contribution in [0.15, 0.2) is 53.6 Å². The summed E-state index contributed by atoms with van der Waals surface area (Å²) in [5.41, 5.74) is 1.85. The SMILES string of the molecule is Cc1ccn2c(=O)c(C(=O)NCCC(=O)N3CCN(c4ccc(F)cc4)CC3)cnc2c1. The largest absolute Gasteiger partial charge is 0.368 e. The highest BCUT2D eigenvalue weighted by Gasteiger charge is 2.21. The molecule has 3 aromatic rings. The lowest BCUT2D eigenvalue weighted by molar-refractivity contribution is -0.131. The zero-order valence-corrected chi connectivity index (χ0v) is 17.8. The molecule has 0 bridgehead atoms. The number of aromatic nitrogens is 2. The molecule has 0 aliphatic carbocycles. The second-order valence-corrected chi connectivity index (χ2v) is 7.76. The van der Waals surface area contributed by atoms with Gasteiger partial charge in [0, 0.05) is 57.2 Å². The van der Waals surface area contributed by atoms with Crippen molar-refractivity contribution in [2.45, 2.75) is 13.3 Å². The fourth-order valence-electron chi connectivity index (χ4n) is 3.73. The van der Waals surface area contributed by atoms with E-state index in [1.54, 1.807) is 35.4 Å². The zero-order chi connectivity index (χ0) is 22.7. The van der Waals surface area contributed by atoms with Crippen molar-refractivity contribution in [1.82, 2.24) is 19.6 Å². The highest BCUT2D eigenvalue weighted by molar-refractivity contribution is 5.94. The molecule has 1 N–H and O–H groups in total. The number of carbonyl (C=O) groups is 2. The van der Waals surface area contributed by atoms with Crippen LogP contribution in [0.5, 0.6) is 0 Å². The maximum atomic E-state index is 13.1. The van der Waals surface area contributed by atoms with Crippen molar-refractivity contribution in [1.29, 1.82) is 0 Å². The van der Waals surface area contributed by atoms with Gasteiger partial charge in [0.2, 0.25) is 5.91 Å². The quantitative estimate of drug-likeness (QED) is 0.656. The molecule has 2 amide bonds. The number of rotatable bonds is 5. The van der Waals surface area contributed by atoms with Gasteiger partial charge < -0.3 is 15.1 Å². The van der Waals surface area contributed by atoms with E-state index in [1.807, 2.05) is 6.92 Å². The smallest absolute Gasteiger partial charge is 0.270 e. The van der Waals surface area contributed by atoms with Gasteiger partial charge in [-0.3, -0.25) is 18.8 Å². The molecule has 166 valence electrons. The first-order chi connectivity index (χ1) is 15.4. The second-order valence-electron chi connectivity index (χ2n) is 7.76. The minimum Gasteiger partial charge on any atom is -0.368 e. The summed E-state index contributed by atoms with van der Waals surface area (Å²) in [5.74, 6) is -0.888. The number of benzene rings is 1. The Morgan fingerprint density at radius 1 is 1.09 bits per heavy atom. The van der Waals surface area contributed by atoms with Crippen LogP contribution in [-0.4, -0.2) is 58.8 Å². The monoisotopic (exact) mass is 437 g/mol. The number of piperazine rings is 1. The Kier molecular flexibility index (Phi) is 6.16. The number of hydrogen-bond acceptors (Lipinski definition) is 5. The summed E-state index contributed by atoms with van der Waals surface area (Å²) in [7, 11) is 0. The maximum Gasteiger partial charge on any atom is 0.270 e. The molecule has 1 aliphatic heterocycles. The Bertz CT molecular complexity index is 1200. The van der Waals surface area contributed by atoms with E-state index >= 15 is 0 Å². The molecule has 4 rings (SSSR count). The number of carbonyl (C=O) groups excluding carboxylic acids is 2. The summed E-state index contributed by atoms with van der Waals surface area (Å²) in [6, 6.07) is 9.84. The van der Waals surface area contributed by atoms with E-state index in [-0.39, 0.29) is 30.3 Å². The predicted octanol–water partition coefficient (Wildman–Crippen LogP) is 1.61. The molecular formula is C23H24FN5O3. The van der Waals surface area contributed by atoms with Gasteiger partial charge in [0.1, 0.15) is 17.0 Å². The molecule has 0 saturated carbocycles. The molecule has 0 atom stereocenters. The summed E-state index contributed by atoms with van der Waals surface area (Å²) in [6.45, 7) is 4.45. The van der Waals surface area contributed by atoms with E-state index in [4.69, 9.17) is 0 Å². The molecule has 0 radical (unpaired) electrons. The van der Waals surface area contributed by atoms with Crippen LogP contribution in [0.3, 0.4) is 0 Å². The van der Waals surface area contributed by atoms with Crippen LogP contribution >= 0.6 is 0 Å². The Hall–Kier alpha value is -3.75. The number of nitrogens with one attached hydrogen (secondary N) is 1. The van der Waals surface area contributed by atoms with Crippen LogP contribution < -0.4 is 15.8 Å². The summed E-state index contributed by atoms with van der Waals surface area (Å²) in [5, 5.41) is 2.64. The molecule has 0 spiro atoms. The van der Waals surface area contributed by atoms with Crippen molar-refractivity contribution in [3.63, 3.8) is 0 Å². The van der Waals surface area contributed by atoms with Crippen molar-refractivity contribution >= 4 is 23.1 Å². The number of anilines is 1. The van der Waals surface area contributed by atoms with Crippen molar-refractivity contribution in [2.24, 2.45) is 0 Å². The summed E-state index contributed by atoms with van der Waals surface area (Å²) in [6.07, 6.45) is 3.00. The molecule has 0 unspecified atom stereocenters. The molecule has 8 nitrogen and oxygen atoms in total. The lowest BCUT2D eigenvalue weighted by Gasteiger charge is -2.36. The van der Waals surface area contributed by atoms with Gasteiger partial charge in [-0.25, -0.2) is 9.37 Å². The Morgan fingerprint density at radius 3 is 2.53 bits per heavy atom. The van der Waals surface area contributed by atoms with Gasteiger partial charge >= 0.3 is 0 Å². The number of aryl methyl sites for hydroxylation is 1. The molecule has 1 saturated heterocycles. The van der Waals surface area contributed by atoms with Crippen molar-refractivity contribution in [3.05, 3.63) is 76.1 Å². The van der Waals surface area contributed by atoms with E-state index in [0.29, 0.717) is 31.8 Å². The third-order valence-electron chi connectivity index (χ3n) is 5.56. The normalized spacial score (nSPS) is 13.9. The van der Waals surface area contributed by atoms with E-state index in [9.17, 15) is 18.8 Å². The van der Waals surface area contributed by atoms with Gasteiger partial charge in [0.15, 0.2) is 0 Å². The van der Waals surface area contributed by atoms with Crippen LogP contribution in [0, 0.1) is 12.7 Å². The van der Waals surface area contributed by atoms with Gasteiger partial charge in [-0.1, -0.05) is 0 Å². The number of amides is 2.